The van der Waals surface area contributed by atoms with Gasteiger partial charge < -0.3 is 14.2 Å². The predicted molar refractivity (Wildman–Crippen MR) is 153 cm³/mol. The molecule has 0 atom stereocenters. The maximum absolute atomic E-state index is 12.8. The van der Waals surface area contributed by atoms with Gasteiger partial charge in [0.2, 0.25) is 0 Å². The van der Waals surface area contributed by atoms with Crippen molar-refractivity contribution in [1.29, 1.82) is 0 Å². The molecule has 0 aliphatic carbocycles. The van der Waals surface area contributed by atoms with Crippen molar-refractivity contribution in [3.05, 3.63) is 66.4 Å². The molecule has 0 amide bonds. The molecule has 0 aliphatic rings. The number of imidazole rings is 1. The molecule has 0 bridgehead atoms. The van der Waals surface area contributed by atoms with Gasteiger partial charge in [-0.2, -0.15) is 0 Å². The predicted octanol–water partition coefficient (Wildman–Crippen LogP) is 5.78. The number of benzene rings is 2. The Morgan fingerprint density at radius 1 is 1.05 bits per heavy atom. The van der Waals surface area contributed by atoms with E-state index in [4.69, 9.17) is 19.2 Å². The number of aromatic nitrogens is 3. The van der Waals surface area contributed by atoms with Gasteiger partial charge in [-0.05, 0) is 48.5 Å². The standard InChI is InChI=1S/C28H33N3O6SSi/c1-6-38(33,34)21-12-10-20(11-13-21)37-26-18-24-25(17-22(26)28(32)35-2)31(19-36-15-16-39(3,4)5)27(30-24)23-9-7-8-14-29-23/h7-14,17-18H,6,15-16,19H2,1-5H3. The minimum atomic E-state index is -3.35. The largest absolute Gasteiger partial charge is 0.465 e. The monoisotopic (exact) mass is 567 g/mol. The lowest BCUT2D eigenvalue weighted by Crippen LogP contribution is -2.22. The maximum Gasteiger partial charge on any atom is 0.341 e. The van der Waals surface area contributed by atoms with E-state index in [1.54, 1.807) is 37.4 Å². The highest BCUT2D eigenvalue weighted by Gasteiger charge is 2.22. The third-order valence-corrected chi connectivity index (χ3v) is 9.61. The quantitative estimate of drug-likeness (QED) is 0.127. The summed E-state index contributed by atoms with van der Waals surface area (Å²) in [5.74, 6) is 0.620. The number of carbonyl (C=O) groups is 1. The van der Waals surface area contributed by atoms with E-state index in [9.17, 15) is 13.2 Å². The zero-order valence-electron chi connectivity index (χ0n) is 22.8. The third kappa shape index (κ3) is 6.73. The molecule has 2 aromatic carbocycles. The van der Waals surface area contributed by atoms with Crippen molar-refractivity contribution in [2.24, 2.45) is 0 Å². The van der Waals surface area contributed by atoms with Crippen LogP contribution in [-0.4, -0.2) is 56.5 Å². The van der Waals surface area contributed by atoms with Crippen LogP contribution >= 0.6 is 0 Å². The number of sulfone groups is 1. The molecule has 0 saturated carbocycles. The van der Waals surface area contributed by atoms with E-state index in [0.29, 0.717) is 34.9 Å². The fourth-order valence-electron chi connectivity index (χ4n) is 3.87. The molecule has 206 valence electrons. The summed E-state index contributed by atoms with van der Waals surface area (Å²) in [5, 5.41) is 0. The Hall–Kier alpha value is -3.54. The molecular formula is C28H33N3O6SSi. The summed E-state index contributed by atoms with van der Waals surface area (Å²) in [4.78, 5) is 22.3. The van der Waals surface area contributed by atoms with E-state index in [-0.39, 0.29) is 28.7 Å². The van der Waals surface area contributed by atoms with Crippen molar-refractivity contribution in [2.45, 2.75) is 44.2 Å². The number of pyridine rings is 1. The van der Waals surface area contributed by atoms with E-state index >= 15 is 0 Å². The zero-order chi connectivity index (χ0) is 28.2. The molecule has 0 saturated heterocycles. The summed E-state index contributed by atoms with van der Waals surface area (Å²) in [6.07, 6.45) is 1.70. The van der Waals surface area contributed by atoms with Crippen LogP contribution in [0.1, 0.15) is 17.3 Å². The smallest absolute Gasteiger partial charge is 0.341 e. The number of methoxy groups -OCH3 is 1. The molecule has 11 heteroatoms. The Labute approximate surface area is 229 Å². The Morgan fingerprint density at radius 3 is 2.41 bits per heavy atom. The second-order valence-corrected chi connectivity index (χ2v) is 18.1. The molecule has 0 radical (unpaired) electrons. The molecule has 2 heterocycles. The minimum Gasteiger partial charge on any atom is -0.465 e. The van der Waals surface area contributed by atoms with Gasteiger partial charge in [0.05, 0.1) is 28.8 Å². The van der Waals surface area contributed by atoms with Crippen molar-refractivity contribution in [2.75, 3.05) is 19.5 Å². The van der Waals surface area contributed by atoms with Crippen LogP contribution in [0, 0.1) is 0 Å². The van der Waals surface area contributed by atoms with Gasteiger partial charge in [0, 0.05) is 26.9 Å². The Morgan fingerprint density at radius 2 is 1.79 bits per heavy atom. The second-order valence-electron chi connectivity index (χ2n) is 10.2. The van der Waals surface area contributed by atoms with Gasteiger partial charge in [-0.3, -0.25) is 9.55 Å². The lowest BCUT2D eigenvalue weighted by molar-refractivity contribution is 0.0597. The molecule has 0 spiro atoms. The Balaban J connectivity index is 1.76. The summed E-state index contributed by atoms with van der Waals surface area (Å²) in [6.45, 7) is 9.33. The van der Waals surface area contributed by atoms with Crippen LogP contribution in [0.5, 0.6) is 11.5 Å². The number of carbonyl (C=O) groups excluding carboxylic acids is 1. The summed E-state index contributed by atoms with van der Waals surface area (Å²) >= 11 is 0. The first-order chi connectivity index (χ1) is 18.5. The van der Waals surface area contributed by atoms with Crippen LogP contribution in [0.25, 0.3) is 22.6 Å². The number of hydrogen-bond acceptors (Lipinski definition) is 8. The number of rotatable bonds is 11. The van der Waals surface area contributed by atoms with Crippen LogP contribution in [0.2, 0.25) is 25.7 Å². The van der Waals surface area contributed by atoms with Gasteiger partial charge in [-0.1, -0.05) is 32.6 Å². The SMILES string of the molecule is CCS(=O)(=O)c1ccc(Oc2cc3nc(-c4ccccn4)n(COCC[Si](C)(C)C)c3cc2C(=O)OC)cc1. The number of nitrogens with zero attached hydrogens (tertiary/aromatic N) is 3. The second kappa shape index (κ2) is 11.7. The van der Waals surface area contributed by atoms with Crippen LogP contribution in [0.15, 0.2) is 65.7 Å². The van der Waals surface area contributed by atoms with E-state index in [1.807, 2.05) is 22.8 Å². The van der Waals surface area contributed by atoms with Crippen LogP contribution in [0.4, 0.5) is 0 Å². The molecule has 9 nitrogen and oxygen atoms in total. The van der Waals surface area contributed by atoms with Crippen LogP contribution in [-0.2, 0) is 26.0 Å². The molecule has 0 fully saturated rings. The summed E-state index contributed by atoms with van der Waals surface area (Å²) in [7, 11) is -3.32. The van der Waals surface area contributed by atoms with Crippen molar-refractivity contribution >= 4 is 34.9 Å². The van der Waals surface area contributed by atoms with Gasteiger partial charge in [-0.25, -0.2) is 18.2 Å². The van der Waals surface area contributed by atoms with Gasteiger partial charge in [0.15, 0.2) is 15.7 Å². The average molecular weight is 568 g/mol. The highest BCUT2D eigenvalue weighted by Crippen LogP contribution is 2.33. The summed E-state index contributed by atoms with van der Waals surface area (Å²) < 4.78 is 43.4. The normalized spacial score (nSPS) is 12.0. The van der Waals surface area contributed by atoms with Crippen molar-refractivity contribution < 1.29 is 27.4 Å². The Bertz CT molecular complexity index is 1560. The van der Waals surface area contributed by atoms with Gasteiger partial charge in [-0.15, -0.1) is 0 Å². The van der Waals surface area contributed by atoms with E-state index in [1.165, 1.54) is 19.2 Å². The molecule has 39 heavy (non-hydrogen) atoms. The molecular weight excluding hydrogens is 534 g/mol. The maximum atomic E-state index is 12.8. The molecule has 0 N–H and O–H groups in total. The molecule has 2 aromatic heterocycles. The molecule has 0 unspecified atom stereocenters. The number of esters is 1. The van der Waals surface area contributed by atoms with Crippen LogP contribution in [0.3, 0.4) is 0 Å². The third-order valence-electron chi connectivity index (χ3n) is 6.16. The highest BCUT2D eigenvalue weighted by molar-refractivity contribution is 7.91. The first-order valence-electron chi connectivity index (χ1n) is 12.6. The number of ether oxygens (including phenoxy) is 3. The van der Waals surface area contributed by atoms with Gasteiger partial charge in [0.1, 0.15) is 29.5 Å². The van der Waals surface area contributed by atoms with E-state index in [0.717, 1.165) is 6.04 Å². The molecule has 4 aromatic rings. The van der Waals surface area contributed by atoms with Crippen molar-refractivity contribution in [1.82, 2.24) is 14.5 Å². The van der Waals surface area contributed by atoms with Crippen molar-refractivity contribution in [3.8, 4) is 23.0 Å². The first kappa shape index (κ1) is 28.5. The first-order valence-corrected chi connectivity index (χ1v) is 18.0. The number of fused-ring (bicyclic) bond motifs is 1. The zero-order valence-corrected chi connectivity index (χ0v) is 24.6. The lowest BCUT2D eigenvalue weighted by Gasteiger charge is -2.16. The van der Waals surface area contributed by atoms with Crippen LogP contribution < -0.4 is 4.74 Å². The minimum absolute atomic E-state index is 0.000515. The van der Waals surface area contributed by atoms with E-state index < -0.39 is 23.9 Å². The molecule has 4 rings (SSSR count). The summed E-state index contributed by atoms with van der Waals surface area (Å²) in [5.41, 5.74) is 2.11. The molecule has 0 aliphatic heterocycles. The average Bonchev–Trinajstić information content (AvgIpc) is 3.27. The van der Waals surface area contributed by atoms with Gasteiger partial charge in [0.25, 0.3) is 0 Å². The fraction of sp³-hybridized carbons (Fsp3) is 0.321. The van der Waals surface area contributed by atoms with E-state index in [2.05, 4.69) is 24.6 Å². The fourth-order valence-corrected chi connectivity index (χ4v) is 5.51. The van der Waals surface area contributed by atoms with Crippen molar-refractivity contribution in [3.63, 3.8) is 0 Å². The lowest BCUT2D eigenvalue weighted by atomic mass is 10.1. The Kier molecular flexibility index (Phi) is 8.53. The van der Waals surface area contributed by atoms with Gasteiger partial charge >= 0.3 is 5.97 Å². The summed E-state index contributed by atoms with van der Waals surface area (Å²) in [6, 6.07) is 16.0. The number of hydrogen-bond donors (Lipinski definition) is 0. The topological polar surface area (TPSA) is 110 Å². The highest BCUT2D eigenvalue weighted by atomic mass is 32.2.